The molecule has 0 saturated heterocycles. The molecule has 1 unspecified atom stereocenters. The van der Waals surface area contributed by atoms with Gasteiger partial charge < -0.3 is 33.6 Å². The van der Waals surface area contributed by atoms with E-state index >= 15 is 4.11 Å². The molecule has 0 bridgehead atoms. The molecule has 0 spiro atoms. The molecule has 0 fully saturated rings. The number of nitrogens with one attached hydrogen (secondary N) is 1. The van der Waals surface area contributed by atoms with Gasteiger partial charge in [-0.3, -0.25) is 9.59 Å². The first kappa shape index (κ1) is 32.2. The summed E-state index contributed by atoms with van der Waals surface area (Å²) in [5, 5.41) is 12.6. The van der Waals surface area contributed by atoms with Gasteiger partial charge in [0, 0.05) is 54.9 Å². The van der Waals surface area contributed by atoms with Crippen molar-refractivity contribution in [2.45, 2.75) is 50.7 Å². The summed E-state index contributed by atoms with van der Waals surface area (Å²) in [7, 11) is -0.276. The van der Waals surface area contributed by atoms with Gasteiger partial charge in [-0.15, -0.1) is 0 Å². The van der Waals surface area contributed by atoms with Gasteiger partial charge in [0.2, 0.25) is 14.3 Å². The van der Waals surface area contributed by atoms with Crippen molar-refractivity contribution in [1.29, 1.82) is 0 Å². The lowest BCUT2D eigenvalue weighted by Gasteiger charge is -2.43. The number of aliphatic hydroxyl groups is 1. The number of nitrogens with zero attached hydrogens (tertiary/aromatic N) is 1. The maximum atomic E-state index is 16.0. The third kappa shape index (κ3) is 7.81. The SMILES string of the molecule is COc1ccc(C(=O)Nc2ccc3c(c2)[C@@H](OC)[C@H](C)[C@@H](C(CC(=O)N(CCO)Cc2ccccc2)[Si](C)(C)F)O3)cc1. The Hall–Kier alpha value is -3.73. The third-order valence-electron chi connectivity index (χ3n) is 8.05. The van der Waals surface area contributed by atoms with Crippen LogP contribution in [0.3, 0.4) is 0 Å². The van der Waals surface area contributed by atoms with Crippen molar-refractivity contribution in [3.05, 3.63) is 89.5 Å². The molecule has 230 valence electrons. The smallest absolute Gasteiger partial charge is 0.255 e. The van der Waals surface area contributed by atoms with Gasteiger partial charge in [-0.2, -0.15) is 0 Å². The van der Waals surface area contributed by atoms with Crippen LogP contribution in [0.4, 0.5) is 9.80 Å². The Kier molecular flexibility index (Phi) is 10.6. The minimum Gasteiger partial charge on any atom is -0.497 e. The van der Waals surface area contributed by atoms with Crippen molar-refractivity contribution in [2.75, 3.05) is 32.7 Å². The van der Waals surface area contributed by atoms with Crippen LogP contribution in [0.5, 0.6) is 11.5 Å². The van der Waals surface area contributed by atoms with E-state index in [0.717, 1.165) is 11.1 Å². The predicted octanol–water partition coefficient (Wildman–Crippen LogP) is 5.99. The van der Waals surface area contributed by atoms with E-state index in [9.17, 15) is 14.7 Å². The summed E-state index contributed by atoms with van der Waals surface area (Å²) >= 11 is 0. The number of carbonyl (C=O) groups is 2. The molecule has 4 rings (SSSR count). The third-order valence-corrected chi connectivity index (χ3v) is 10.3. The van der Waals surface area contributed by atoms with Crippen molar-refractivity contribution in [2.24, 2.45) is 5.92 Å². The molecular weight excluding hydrogens is 567 g/mol. The number of amides is 2. The summed E-state index contributed by atoms with van der Waals surface area (Å²) in [6.45, 7) is 5.44. The summed E-state index contributed by atoms with van der Waals surface area (Å²) in [4.78, 5) is 28.0. The Bertz CT molecular complexity index is 1380. The van der Waals surface area contributed by atoms with E-state index in [-0.39, 0.29) is 37.3 Å². The molecule has 43 heavy (non-hydrogen) atoms. The second kappa shape index (κ2) is 14.2. The van der Waals surface area contributed by atoms with Crippen LogP contribution >= 0.6 is 0 Å². The summed E-state index contributed by atoms with van der Waals surface area (Å²) in [6.07, 6.45) is -1.10. The van der Waals surface area contributed by atoms with Gasteiger partial charge in [-0.25, -0.2) is 0 Å². The fourth-order valence-corrected chi connectivity index (χ4v) is 7.50. The lowest BCUT2D eigenvalue weighted by Crippen LogP contribution is -2.48. The highest BCUT2D eigenvalue weighted by Crippen LogP contribution is 2.48. The normalized spacial score (nSPS) is 18.6. The number of aliphatic hydroxyl groups excluding tert-OH is 1. The maximum absolute atomic E-state index is 16.0. The van der Waals surface area contributed by atoms with E-state index in [1.165, 1.54) is 0 Å². The first-order valence-corrected chi connectivity index (χ1v) is 17.4. The van der Waals surface area contributed by atoms with E-state index in [2.05, 4.69) is 5.32 Å². The Morgan fingerprint density at radius 3 is 2.37 bits per heavy atom. The molecule has 10 heteroatoms. The first-order valence-electron chi connectivity index (χ1n) is 14.5. The highest BCUT2D eigenvalue weighted by Gasteiger charge is 2.48. The van der Waals surface area contributed by atoms with E-state index < -0.39 is 26.2 Å². The summed E-state index contributed by atoms with van der Waals surface area (Å²) < 4.78 is 33.6. The number of anilines is 1. The van der Waals surface area contributed by atoms with E-state index in [1.54, 1.807) is 68.6 Å². The number of benzene rings is 3. The zero-order valence-electron chi connectivity index (χ0n) is 25.4. The van der Waals surface area contributed by atoms with E-state index in [1.807, 2.05) is 43.3 Å². The van der Waals surface area contributed by atoms with Crippen molar-refractivity contribution in [3.8, 4) is 11.5 Å². The maximum Gasteiger partial charge on any atom is 0.255 e. The van der Waals surface area contributed by atoms with Crippen LogP contribution < -0.4 is 14.8 Å². The van der Waals surface area contributed by atoms with Crippen LogP contribution in [0, 0.1) is 5.92 Å². The molecule has 0 radical (unpaired) electrons. The molecule has 3 aromatic carbocycles. The number of fused-ring (bicyclic) bond motifs is 1. The van der Waals surface area contributed by atoms with Crippen LogP contribution in [0.2, 0.25) is 18.6 Å². The van der Waals surface area contributed by atoms with E-state index in [0.29, 0.717) is 29.3 Å². The Morgan fingerprint density at radius 2 is 1.77 bits per heavy atom. The summed E-state index contributed by atoms with van der Waals surface area (Å²) in [6, 6.07) is 21.7. The molecule has 2 N–H and O–H groups in total. The minimum absolute atomic E-state index is 0.0423. The van der Waals surface area contributed by atoms with Crippen molar-refractivity contribution >= 4 is 25.9 Å². The monoisotopic (exact) mass is 608 g/mol. The zero-order chi connectivity index (χ0) is 31.1. The van der Waals surface area contributed by atoms with Crippen LogP contribution in [-0.2, 0) is 16.1 Å². The standard InChI is InChI=1S/C33H41FN2O6Si/c1-22-31(41-3)27-19-25(35-33(39)24-11-14-26(40-2)15-12-24)13-16-28(27)42-32(22)29(43(4,5)34)20-30(38)36(17-18-37)21-23-9-7-6-8-10-23/h6-16,19,22,29,31-32,37H,17-18,20-21H2,1-5H3,(H,35,39)/t22-,29?,31-,32-/m0/s1. The molecule has 1 heterocycles. The molecular formula is C33H41FN2O6Si. The highest BCUT2D eigenvalue weighted by molar-refractivity contribution is 6.72. The zero-order valence-corrected chi connectivity index (χ0v) is 26.4. The average molecular weight is 609 g/mol. The molecule has 1 aliphatic rings. The van der Waals surface area contributed by atoms with Crippen LogP contribution in [0.25, 0.3) is 0 Å². The molecule has 2 amide bonds. The second-order valence-electron chi connectivity index (χ2n) is 11.4. The van der Waals surface area contributed by atoms with Crippen LogP contribution in [0.15, 0.2) is 72.8 Å². The fraction of sp³-hybridized carbons (Fsp3) is 0.394. The van der Waals surface area contributed by atoms with Gasteiger partial charge in [0.15, 0.2) is 0 Å². The topological polar surface area (TPSA) is 97.3 Å². The fourth-order valence-electron chi connectivity index (χ4n) is 5.68. The van der Waals surface area contributed by atoms with Gasteiger partial charge in [-0.05, 0) is 61.1 Å². The van der Waals surface area contributed by atoms with Gasteiger partial charge in [0.05, 0.1) is 19.8 Å². The second-order valence-corrected chi connectivity index (χ2v) is 15.3. The molecule has 1 aliphatic heterocycles. The quantitative estimate of drug-likeness (QED) is 0.194. The van der Waals surface area contributed by atoms with Crippen LogP contribution in [-0.4, -0.2) is 63.7 Å². The molecule has 3 aromatic rings. The predicted molar refractivity (Wildman–Crippen MR) is 167 cm³/mol. The average Bonchev–Trinajstić information content (AvgIpc) is 2.99. The molecule has 0 saturated carbocycles. The van der Waals surface area contributed by atoms with Crippen molar-refractivity contribution in [3.63, 3.8) is 0 Å². The largest absolute Gasteiger partial charge is 0.497 e. The number of halogens is 1. The first-order chi connectivity index (χ1) is 20.5. The number of rotatable bonds is 12. The Morgan fingerprint density at radius 1 is 1.07 bits per heavy atom. The summed E-state index contributed by atoms with van der Waals surface area (Å²) in [5.74, 6) is 0.403. The number of ether oxygens (including phenoxy) is 3. The molecule has 0 aromatic heterocycles. The minimum atomic E-state index is -3.44. The molecule has 0 aliphatic carbocycles. The molecule has 8 nitrogen and oxygen atoms in total. The molecule has 4 atom stereocenters. The van der Waals surface area contributed by atoms with Crippen molar-refractivity contribution in [1.82, 2.24) is 4.90 Å². The number of hydrogen-bond donors (Lipinski definition) is 2. The summed E-state index contributed by atoms with van der Waals surface area (Å²) in [5.41, 5.74) is 2.07. The number of carbonyl (C=O) groups excluding carboxylic acids is 2. The van der Waals surface area contributed by atoms with Gasteiger partial charge in [-0.1, -0.05) is 37.3 Å². The van der Waals surface area contributed by atoms with Crippen molar-refractivity contribution < 1.29 is 33.0 Å². The Labute approximate surface area is 254 Å². The van der Waals surface area contributed by atoms with Gasteiger partial charge >= 0.3 is 0 Å². The van der Waals surface area contributed by atoms with Gasteiger partial charge in [0.1, 0.15) is 17.6 Å². The lowest BCUT2D eigenvalue weighted by molar-refractivity contribution is -0.133. The van der Waals surface area contributed by atoms with Crippen LogP contribution in [0.1, 0.15) is 40.9 Å². The van der Waals surface area contributed by atoms with Gasteiger partial charge in [0.25, 0.3) is 5.91 Å². The number of methoxy groups -OCH3 is 2. The highest BCUT2D eigenvalue weighted by atomic mass is 28.4. The lowest BCUT2D eigenvalue weighted by atomic mass is 9.86. The number of hydrogen-bond acceptors (Lipinski definition) is 6. The van der Waals surface area contributed by atoms with E-state index in [4.69, 9.17) is 14.2 Å². The Balaban J connectivity index is 1.55.